The van der Waals surface area contributed by atoms with E-state index in [1.165, 1.54) is 14.2 Å². The topological polar surface area (TPSA) is 159 Å². The van der Waals surface area contributed by atoms with Gasteiger partial charge in [-0.2, -0.15) is 7.11 Å². The van der Waals surface area contributed by atoms with Crippen LogP contribution in [0.25, 0.3) is 0 Å². The van der Waals surface area contributed by atoms with Crippen LogP contribution in [-0.4, -0.2) is 56.8 Å². The fraction of sp³-hybridized carbons (Fsp3) is 0.500. The summed E-state index contributed by atoms with van der Waals surface area (Å²) >= 11 is 0. The summed E-state index contributed by atoms with van der Waals surface area (Å²) in [7, 11) is 6.31. The molecule has 0 bridgehead atoms. The number of aliphatic hydroxyl groups is 1. The van der Waals surface area contributed by atoms with Crippen LogP contribution in [0.4, 0.5) is 4.79 Å². The van der Waals surface area contributed by atoms with Gasteiger partial charge in [0, 0.05) is 7.11 Å². The van der Waals surface area contributed by atoms with E-state index in [0.717, 1.165) is 7.11 Å². The molecule has 10 heteroatoms. The number of carbonyl (C=O) groups is 3. The molecule has 0 aromatic rings. The molecule has 0 aromatic carbocycles. The van der Waals surface area contributed by atoms with E-state index in [9.17, 15) is 4.79 Å². The zero-order valence-electron chi connectivity index (χ0n) is 9.99. The summed E-state index contributed by atoms with van der Waals surface area (Å²) in [4.78, 5) is 26.6. The third-order valence-corrected chi connectivity index (χ3v) is 0.381. The number of hydrogen-bond donors (Lipinski definition) is 1. The van der Waals surface area contributed by atoms with Crippen molar-refractivity contribution in [3.05, 3.63) is 7.11 Å². The second-order valence-electron chi connectivity index (χ2n) is 0.930. The molecular formula is C8H21DbO9-3. The van der Waals surface area contributed by atoms with Crippen LogP contribution in [0.1, 0.15) is 7.43 Å². The molecule has 0 rings (SSSR count). The van der Waals surface area contributed by atoms with Crippen LogP contribution in [-0.2, 0) is 23.8 Å². The Morgan fingerprint density at radius 1 is 1.22 bits per heavy atom. The Morgan fingerprint density at radius 3 is 1.44 bits per heavy atom. The van der Waals surface area contributed by atoms with Gasteiger partial charge in [-0.05, 0) is 0 Å². The van der Waals surface area contributed by atoms with Gasteiger partial charge in [0.1, 0.15) is 6.79 Å². The predicted molar refractivity (Wildman–Crippen MR) is 57.8 cm³/mol. The summed E-state index contributed by atoms with van der Waals surface area (Å²) in [5.41, 5.74) is 0. The molecule has 112 valence electrons. The van der Waals surface area contributed by atoms with E-state index in [4.69, 9.17) is 14.7 Å². The minimum atomic E-state index is -0.769. The average Bonchev–Trinajstić information content (AvgIpc) is 2.33. The third kappa shape index (κ3) is 383. The number of aliphatic hydroxyl groups excluding tert-OH is 1. The maximum Gasteiger partial charge on any atom is 0.475 e. The Morgan fingerprint density at radius 2 is 1.44 bits per heavy atom. The summed E-state index contributed by atoms with van der Waals surface area (Å²) in [6.45, 7) is 2.38. The van der Waals surface area contributed by atoms with Gasteiger partial charge < -0.3 is 35.1 Å². The molecule has 0 aliphatic heterocycles. The van der Waals surface area contributed by atoms with Gasteiger partial charge in [-0.1, -0.05) is 7.43 Å². The van der Waals surface area contributed by atoms with Crippen molar-refractivity contribution in [2.75, 3.05) is 21.3 Å². The first-order valence-corrected chi connectivity index (χ1v) is 2.92. The van der Waals surface area contributed by atoms with Gasteiger partial charge in [-0.3, -0.25) is 4.79 Å². The Kier molecular flexibility index (Phi) is 448. The largest absolute Gasteiger partial charge is 0.870 e. The number of methoxy groups -OCH3 is 2. The molecule has 0 amide bonds. The van der Waals surface area contributed by atoms with Crippen LogP contribution in [0.15, 0.2) is 0 Å². The van der Waals surface area contributed by atoms with Gasteiger partial charge in [0.15, 0.2) is 0 Å². The van der Waals surface area contributed by atoms with Gasteiger partial charge in [-0.25, -0.2) is 4.79 Å². The average molecular weight is 529 g/mol. The molecule has 0 heterocycles. The Bertz CT molecular complexity index is 107. The second kappa shape index (κ2) is 137. The second-order valence-corrected chi connectivity index (χ2v) is 0.930. The molecule has 0 spiro atoms. The van der Waals surface area contributed by atoms with E-state index in [1.54, 1.807) is 0 Å². The maximum absolute atomic E-state index is 9.67. The van der Waals surface area contributed by atoms with Gasteiger partial charge >= 0.3 is 6.16 Å². The third-order valence-electron chi connectivity index (χ3n) is 0.381. The van der Waals surface area contributed by atoms with Crippen LogP contribution in [0.2, 0.25) is 0 Å². The van der Waals surface area contributed by atoms with Crippen molar-refractivity contribution in [1.29, 1.82) is 0 Å². The zero-order valence-corrected chi connectivity index (χ0v) is 16.4. The van der Waals surface area contributed by atoms with Crippen molar-refractivity contribution in [1.82, 2.24) is 0 Å². The molecule has 0 aliphatic rings. The summed E-state index contributed by atoms with van der Waals surface area (Å²) in [5, 5.41) is 7.00. The van der Waals surface area contributed by atoms with Crippen LogP contribution in [0, 0.1) is 7.11 Å². The van der Waals surface area contributed by atoms with E-state index in [-0.39, 0.29) is 18.4 Å². The number of hydrogen-bond acceptors (Lipinski definition) is 9. The van der Waals surface area contributed by atoms with E-state index < -0.39 is 6.16 Å². The first-order valence-electron chi connectivity index (χ1n) is 2.92. The zero-order chi connectivity index (χ0) is 12.4. The van der Waals surface area contributed by atoms with Crippen molar-refractivity contribution in [2.24, 2.45) is 0 Å². The summed E-state index contributed by atoms with van der Waals surface area (Å²) in [5.74, 6) is 0. The molecule has 0 aromatic heterocycles. The minimum Gasteiger partial charge on any atom is -0.870 e. The first-order chi connectivity index (χ1) is 6.72. The van der Waals surface area contributed by atoms with Crippen molar-refractivity contribution in [2.45, 2.75) is 7.43 Å². The molecule has 0 atom stereocenters. The van der Waals surface area contributed by atoms with E-state index in [0.29, 0.717) is 6.47 Å². The van der Waals surface area contributed by atoms with Crippen molar-refractivity contribution >= 4 is 19.4 Å². The molecule has 9 nitrogen and oxygen atoms in total. The molecule has 0 aliphatic carbocycles. The van der Waals surface area contributed by atoms with Gasteiger partial charge in [0.05, 0.1) is 14.2 Å². The van der Waals surface area contributed by atoms with Crippen molar-refractivity contribution < 1.29 is 44.7 Å². The first kappa shape index (κ1) is 58.8. The summed E-state index contributed by atoms with van der Waals surface area (Å²) < 4.78 is 11.6. The van der Waals surface area contributed by atoms with E-state index in [1.807, 2.05) is 6.79 Å². The predicted octanol–water partition coefficient (Wildman–Crippen LogP) is 0.0563. The van der Waals surface area contributed by atoms with Crippen LogP contribution >= 0.6 is 0 Å². The molecule has 0 fully saturated rings. The Labute approximate surface area is 101 Å². The Hall–Kier alpha value is -2.71. The fourth-order valence-corrected chi connectivity index (χ4v) is 0.0589. The SMILES string of the molecule is C.C=O.CO.COC=O.[CH2-]OC(=O)OC.[Db].[OH-].[OH-]. The number of rotatable bonds is 1. The normalized spacial score (nSPS) is 4.06. The van der Waals surface area contributed by atoms with E-state index >= 15 is 0 Å². The monoisotopic (exact) mass is 529 g/mol. The minimum absolute atomic E-state index is 0. The van der Waals surface area contributed by atoms with Crippen LogP contribution in [0.5, 0.6) is 0 Å². The summed E-state index contributed by atoms with van der Waals surface area (Å²) in [6, 6.07) is 0. The maximum atomic E-state index is 9.67. The molecule has 0 radical (unpaired) electrons. The Balaban J connectivity index is -0.0000000126. The van der Waals surface area contributed by atoms with Gasteiger partial charge in [0.25, 0.3) is 6.47 Å². The van der Waals surface area contributed by atoms with Crippen molar-refractivity contribution in [3.8, 4) is 0 Å². The molecule has 0 unspecified atom stereocenters. The molecule has 3 N–H and O–H groups in total. The van der Waals surface area contributed by atoms with Crippen LogP contribution < -0.4 is 0 Å². The molecule has 18 heavy (non-hydrogen) atoms. The van der Waals surface area contributed by atoms with Gasteiger partial charge in [-0.15, -0.1) is 0 Å². The quantitative estimate of drug-likeness (QED) is 0.282. The molecule has 0 saturated carbocycles. The number of ether oxygens (including phenoxy) is 3. The van der Waals surface area contributed by atoms with E-state index in [2.05, 4.69) is 21.3 Å². The smallest absolute Gasteiger partial charge is 0.475 e. The molecular weight excluding hydrogens is 508 g/mol. The molecule has 0 saturated heterocycles. The number of carbonyl (C=O) groups excluding carboxylic acids is 3. The fourth-order valence-electron chi connectivity index (χ4n) is 0.0589. The standard InChI is InChI=1S/C3H5O3.C2H4O2.CH4O.CH2O.CH4.Db.2H2O/c1-5-3(4)6-2;1-4-2-3;2*1-2;;;;/h1H2,2H3;2H,1H3;2H,1H3;1H2;1H4;;2*1H2/q-1;;;;;;;/p-2. The van der Waals surface area contributed by atoms with Crippen LogP contribution in [0.3, 0.4) is 0 Å². The van der Waals surface area contributed by atoms with Gasteiger partial charge in [0.2, 0.25) is 0 Å². The summed E-state index contributed by atoms with van der Waals surface area (Å²) in [6.07, 6.45) is -0.769. The van der Waals surface area contributed by atoms with Crippen molar-refractivity contribution in [3.63, 3.8) is 0 Å².